The largest absolute Gasteiger partial charge is 0.328 e. The maximum absolute atomic E-state index is 12.5. The normalized spacial score (nSPS) is 13.0. The zero-order chi connectivity index (χ0) is 16.1. The van der Waals surface area contributed by atoms with Gasteiger partial charge in [-0.25, -0.2) is 4.79 Å². The molecule has 1 aliphatic heterocycles. The van der Waals surface area contributed by atoms with Gasteiger partial charge in [0.2, 0.25) is 0 Å². The predicted octanol–water partition coefficient (Wildman–Crippen LogP) is 4.08. The van der Waals surface area contributed by atoms with Crippen LogP contribution in [0.4, 0.5) is 4.79 Å². The van der Waals surface area contributed by atoms with Gasteiger partial charge in [-0.2, -0.15) is 0 Å². The fourth-order valence-corrected chi connectivity index (χ4v) is 3.13. The summed E-state index contributed by atoms with van der Waals surface area (Å²) >= 11 is 0. The molecule has 1 aliphatic rings. The van der Waals surface area contributed by atoms with E-state index in [1.807, 2.05) is 35.0 Å². The molecule has 0 aromatic heterocycles. The van der Waals surface area contributed by atoms with E-state index in [0.717, 1.165) is 38.9 Å². The van der Waals surface area contributed by atoms with Crippen molar-refractivity contribution in [2.24, 2.45) is 0 Å². The van der Waals surface area contributed by atoms with E-state index in [1.165, 1.54) is 16.7 Å². The van der Waals surface area contributed by atoms with Gasteiger partial charge in [0.15, 0.2) is 0 Å². The number of fused-ring (bicyclic) bond motifs is 1. The molecule has 120 valence electrons. The number of unbranched alkanes of at least 4 members (excludes halogenated alkanes) is 1. The molecule has 0 atom stereocenters. The third-order valence-electron chi connectivity index (χ3n) is 4.49. The maximum Gasteiger partial charge on any atom is 0.320 e. The summed E-state index contributed by atoms with van der Waals surface area (Å²) in [5, 5.41) is 0. The Morgan fingerprint density at radius 3 is 2.22 bits per heavy atom. The van der Waals surface area contributed by atoms with Crippen LogP contribution in [0, 0.1) is 0 Å². The topological polar surface area (TPSA) is 23.6 Å². The molecule has 3 heteroatoms. The molecule has 0 bridgehead atoms. The van der Waals surface area contributed by atoms with Crippen molar-refractivity contribution in [3.8, 4) is 0 Å². The first-order valence-corrected chi connectivity index (χ1v) is 8.35. The van der Waals surface area contributed by atoms with Crippen LogP contribution in [0.15, 0.2) is 54.6 Å². The lowest BCUT2D eigenvalue weighted by molar-refractivity contribution is 0.162. The summed E-state index contributed by atoms with van der Waals surface area (Å²) in [4.78, 5) is 16.3. The molecule has 0 N–H and O–H groups in total. The molecule has 0 saturated carbocycles. The van der Waals surface area contributed by atoms with E-state index in [9.17, 15) is 4.79 Å². The summed E-state index contributed by atoms with van der Waals surface area (Å²) in [5.74, 6) is 0. The number of hydrogen-bond donors (Lipinski definition) is 0. The van der Waals surface area contributed by atoms with Crippen LogP contribution in [0.1, 0.15) is 29.5 Å². The van der Waals surface area contributed by atoms with E-state index in [4.69, 9.17) is 0 Å². The second-order valence-corrected chi connectivity index (χ2v) is 6.27. The van der Waals surface area contributed by atoms with Crippen LogP contribution < -0.4 is 0 Å². The van der Waals surface area contributed by atoms with Crippen molar-refractivity contribution in [1.29, 1.82) is 0 Å². The number of rotatable bonds is 5. The quantitative estimate of drug-likeness (QED) is 0.764. The highest BCUT2D eigenvalue weighted by Crippen LogP contribution is 2.23. The Labute approximate surface area is 138 Å². The first-order valence-electron chi connectivity index (χ1n) is 8.35. The van der Waals surface area contributed by atoms with Gasteiger partial charge in [-0.05, 0) is 36.0 Å². The minimum absolute atomic E-state index is 0.140. The lowest BCUT2D eigenvalue weighted by Crippen LogP contribution is -2.38. The molecule has 2 amide bonds. The van der Waals surface area contributed by atoms with E-state index in [0.29, 0.717) is 0 Å². The van der Waals surface area contributed by atoms with Gasteiger partial charge in [0.1, 0.15) is 0 Å². The van der Waals surface area contributed by atoms with Crippen LogP contribution >= 0.6 is 0 Å². The van der Waals surface area contributed by atoms with Crippen LogP contribution in [-0.4, -0.2) is 29.4 Å². The Kier molecular flexibility index (Phi) is 4.96. The maximum atomic E-state index is 12.5. The lowest BCUT2D eigenvalue weighted by Gasteiger charge is -2.24. The zero-order valence-electron chi connectivity index (χ0n) is 13.7. The highest BCUT2D eigenvalue weighted by atomic mass is 16.2. The molecule has 0 fully saturated rings. The van der Waals surface area contributed by atoms with E-state index in [2.05, 4.69) is 36.4 Å². The van der Waals surface area contributed by atoms with Crippen LogP contribution in [0.5, 0.6) is 0 Å². The highest BCUT2D eigenvalue weighted by molar-refractivity contribution is 5.75. The zero-order valence-corrected chi connectivity index (χ0v) is 13.7. The first-order chi connectivity index (χ1) is 11.2. The molecule has 0 spiro atoms. The first kappa shape index (κ1) is 15.6. The Balaban J connectivity index is 1.42. The van der Waals surface area contributed by atoms with Gasteiger partial charge in [-0.15, -0.1) is 0 Å². The molecule has 1 heterocycles. The minimum atomic E-state index is 0.140. The summed E-state index contributed by atoms with van der Waals surface area (Å²) < 4.78 is 0. The van der Waals surface area contributed by atoms with Crippen molar-refractivity contribution in [1.82, 2.24) is 9.80 Å². The van der Waals surface area contributed by atoms with Crippen molar-refractivity contribution in [3.05, 3.63) is 71.3 Å². The van der Waals surface area contributed by atoms with Crippen LogP contribution in [-0.2, 0) is 19.5 Å². The van der Waals surface area contributed by atoms with Crippen molar-refractivity contribution < 1.29 is 4.79 Å². The third-order valence-corrected chi connectivity index (χ3v) is 4.49. The summed E-state index contributed by atoms with van der Waals surface area (Å²) in [6.45, 7) is 2.30. The molecule has 0 unspecified atom stereocenters. The number of benzene rings is 2. The Bertz CT molecular complexity index is 629. The average Bonchev–Trinajstić information content (AvgIpc) is 3.03. The Hall–Kier alpha value is -2.29. The monoisotopic (exact) mass is 308 g/mol. The standard InChI is InChI=1S/C20H24N2O/c1-21(14-8-7-11-17-9-3-2-4-10-17)20(23)22-15-18-12-5-6-13-19(18)16-22/h2-6,9-10,12-13H,7-8,11,14-16H2,1H3. The number of nitrogens with zero attached hydrogens (tertiary/aromatic N) is 2. The lowest BCUT2D eigenvalue weighted by atomic mass is 10.1. The predicted molar refractivity (Wildman–Crippen MR) is 93.1 cm³/mol. The van der Waals surface area contributed by atoms with Crippen molar-refractivity contribution in [2.45, 2.75) is 32.4 Å². The number of carbonyl (C=O) groups excluding carboxylic acids is 1. The van der Waals surface area contributed by atoms with Gasteiger partial charge >= 0.3 is 6.03 Å². The highest BCUT2D eigenvalue weighted by Gasteiger charge is 2.24. The van der Waals surface area contributed by atoms with E-state index in [1.54, 1.807) is 0 Å². The van der Waals surface area contributed by atoms with Gasteiger partial charge < -0.3 is 9.80 Å². The van der Waals surface area contributed by atoms with Crippen LogP contribution in [0.2, 0.25) is 0 Å². The van der Waals surface area contributed by atoms with Crippen molar-refractivity contribution in [2.75, 3.05) is 13.6 Å². The fraction of sp³-hybridized carbons (Fsp3) is 0.350. The number of carbonyl (C=O) groups is 1. The number of amides is 2. The summed E-state index contributed by atoms with van der Waals surface area (Å²) in [6, 6.07) is 19.0. The van der Waals surface area contributed by atoms with Crippen molar-refractivity contribution in [3.63, 3.8) is 0 Å². The Morgan fingerprint density at radius 1 is 0.957 bits per heavy atom. The molecule has 2 aromatic rings. The van der Waals surface area contributed by atoms with Gasteiger partial charge in [-0.3, -0.25) is 0 Å². The number of hydrogen-bond acceptors (Lipinski definition) is 1. The minimum Gasteiger partial charge on any atom is -0.328 e. The second-order valence-electron chi connectivity index (χ2n) is 6.27. The van der Waals surface area contributed by atoms with Gasteiger partial charge in [0.05, 0.1) is 0 Å². The SMILES string of the molecule is CN(CCCCc1ccccc1)C(=O)N1Cc2ccccc2C1. The molecule has 0 radical (unpaired) electrons. The summed E-state index contributed by atoms with van der Waals surface area (Å²) in [5.41, 5.74) is 3.92. The third kappa shape index (κ3) is 3.92. The van der Waals surface area contributed by atoms with Crippen LogP contribution in [0.25, 0.3) is 0 Å². The molecular formula is C20H24N2O. The van der Waals surface area contributed by atoms with E-state index in [-0.39, 0.29) is 6.03 Å². The average molecular weight is 308 g/mol. The molecule has 3 rings (SSSR count). The Morgan fingerprint density at radius 2 is 1.57 bits per heavy atom. The molecule has 0 aliphatic carbocycles. The molecule has 23 heavy (non-hydrogen) atoms. The molecule has 3 nitrogen and oxygen atoms in total. The van der Waals surface area contributed by atoms with E-state index < -0.39 is 0 Å². The van der Waals surface area contributed by atoms with Gasteiger partial charge in [-0.1, -0.05) is 54.6 Å². The summed E-state index contributed by atoms with van der Waals surface area (Å²) in [7, 11) is 1.91. The van der Waals surface area contributed by atoms with Gasteiger partial charge in [0, 0.05) is 26.7 Å². The van der Waals surface area contributed by atoms with E-state index >= 15 is 0 Å². The fourth-order valence-electron chi connectivity index (χ4n) is 3.13. The van der Waals surface area contributed by atoms with Gasteiger partial charge in [0.25, 0.3) is 0 Å². The summed E-state index contributed by atoms with van der Waals surface area (Å²) in [6.07, 6.45) is 3.23. The van der Waals surface area contributed by atoms with Crippen LogP contribution in [0.3, 0.4) is 0 Å². The molecule has 2 aromatic carbocycles. The number of urea groups is 1. The molecule has 0 saturated heterocycles. The molecular weight excluding hydrogens is 284 g/mol. The second kappa shape index (κ2) is 7.32. The number of aryl methyl sites for hydroxylation is 1. The van der Waals surface area contributed by atoms with Crippen molar-refractivity contribution >= 4 is 6.03 Å². The smallest absolute Gasteiger partial charge is 0.320 e.